The van der Waals surface area contributed by atoms with Gasteiger partial charge in [-0.2, -0.15) is 0 Å². The predicted octanol–water partition coefficient (Wildman–Crippen LogP) is 3.08. The van der Waals surface area contributed by atoms with Crippen LogP contribution < -0.4 is 22.3 Å². The molecular formula is C24H28N4O3. The summed E-state index contributed by atoms with van der Waals surface area (Å²) in [4.78, 5) is 38.6. The summed E-state index contributed by atoms with van der Waals surface area (Å²) in [5.41, 5.74) is 7.64. The number of nitrogens with one attached hydrogen (secondary N) is 1. The average molecular weight is 421 g/mol. The predicted molar refractivity (Wildman–Crippen MR) is 124 cm³/mol. The van der Waals surface area contributed by atoms with Crippen molar-refractivity contribution in [1.29, 1.82) is 0 Å². The molecule has 0 saturated heterocycles. The molecule has 0 bridgehead atoms. The van der Waals surface area contributed by atoms with Crippen molar-refractivity contribution in [3.05, 3.63) is 92.1 Å². The van der Waals surface area contributed by atoms with Crippen molar-refractivity contribution < 1.29 is 4.79 Å². The molecule has 0 aliphatic heterocycles. The highest BCUT2D eigenvalue weighted by Crippen LogP contribution is 2.17. The Morgan fingerprint density at radius 1 is 1.00 bits per heavy atom. The number of ketones is 1. The van der Waals surface area contributed by atoms with Crippen LogP contribution in [0.1, 0.15) is 48.2 Å². The topological polar surface area (TPSA) is 99.1 Å². The third-order valence-electron chi connectivity index (χ3n) is 5.28. The lowest BCUT2D eigenvalue weighted by Crippen LogP contribution is -2.44. The first-order valence-electron chi connectivity index (χ1n) is 10.4. The summed E-state index contributed by atoms with van der Waals surface area (Å²) in [7, 11) is 0. The lowest BCUT2D eigenvalue weighted by Gasteiger charge is -2.16. The number of carbonyl (C=O) groups excluding carboxylic acids is 1. The van der Waals surface area contributed by atoms with Gasteiger partial charge in [0.05, 0.1) is 13.1 Å². The number of benzene rings is 2. The molecule has 7 nitrogen and oxygen atoms in total. The Morgan fingerprint density at radius 3 is 2.23 bits per heavy atom. The van der Waals surface area contributed by atoms with E-state index in [0.29, 0.717) is 5.92 Å². The van der Waals surface area contributed by atoms with E-state index in [1.165, 1.54) is 10.1 Å². The fourth-order valence-corrected chi connectivity index (χ4v) is 3.43. The third-order valence-corrected chi connectivity index (χ3v) is 5.28. The summed E-state index contributed by atoms with van der Waals surface area (Å²) in [6.45, 7) is 6.13. The fraction of sp³-hybridized carbons (Fsp3) is 0.292. The van der Waals surface area contributed by atoms with Crippen molar-refractivity contribution in [3.63, 3.8) is 0 Å². The Labute approximate surface area is 181 Å². The van der Waals surface area contributed by atoms with Crippen molar-refractivity contribution in [2.75, 3.05) is 17.6 Å². The first-order valence-corrected chi connectivity index (χ1v) is 10.4. The Hall–Kier alpha value is -3.61. The van der Waals surface area contributed by atoms with Gasteiger partial charge in [-0.15, -0.1) is 0 Å². The van der Waals surface area contributed by atoms with Crippen LogP contribution in [0.2, 0.25) is 0 Å². The second-order valence-corrected chi connectivity index (χ2v) is 7.72. The van der Waals surface area contributed by atoms with E-state index in [4.69, 9.17) is 5.73 Å². The molecule has 0 radical (unpaired) electrons. The van der Waals surface area contributed by atoms with Gasteiger partial charge in [0.2, 0.25) is 0 Å². The van der Waals surface area contributed by atoms with Crippen LogP contribution >= 0.6 is 0 Å². The van der Waals surface area contributed by atoms with E-state index in [9.17, 15) is 14.4 Å². The Kier molecular flexibility index (Phi) is 6.74. The number of nitrogen functional groups attached to an aromatic ring is 1. The number of anilines is 2. The van der Waals surface area contributed by atoms with Crippen LogP contribution in [-0.2, 0) is 13.1 Å². The second-order valence-electron chi connectivity index (χ2n) is 7.72. The monoisotopic (exact) mass is 420 g/mol. The average Bonchev–Trinajstić information content (AvgIpc) is 2.76. The molecule has 0 fully saturated rings. The highest BCUT2D eigenvalue weighted by atomic mass is 16.2. The first kappa shape index (κ1) is 22.1. The number of hydrogen-bond acceptors (Lipinski definition) is 5. The van der Waals surface area contributed by atoms with Gasteiger partial charge in [-0.05, 0) is 36.1 Å². The quantitative estimate of drug-likeness (QED) is 0.546. The van der Waals surface area contributed by atoms with Gasteiger partial charge in [0.1, 0.15) is 11.4 Å². The maximum atomic E-state index is 12.9. The Bertz CT molecular complexity index is 1180. The molecule has 162 valence electrons. The second kappa shape index (κ2) is 9.47. The van der Waals surface area contributed by atoms with Gasteiger partial charge in [-0.25, -0.2) is 4.79 Å². The first-order chi connectivity index (χ1) is 14.8. The summed E-state index contributed by atoms with van der Waals surface area (Å²) >= 11 is 0. The van der Waals surface area contributed by atoms with E-state index in [0.717, 1.165) is 15.8 Å². The summed E-state index contributed by atoms with van der Waals surface area (Å²) in [6, 6.07) is 17.1. The molecular weight excluding hydrogens is 392 g/mol. The Balaban J connectivity index is 1.92. The number of carbonyl (C=O) groups is 1. The lowest BCUT2D eigenvalue weighted by atomic mass is 10.0. The molecule has 0 aliphatic rings. The standard InChI is InChI=1S/C24H28N4O3/c1-4-27-23(30)21(20(29)14-26-19-12-10-18(11-13-19)16(2)3)22(25)28(24(27)31)15-17-8-6-5-7-9-17/h5-13,16,26H,4,14-15,25H2,1-3H3. The zero-order chi connectivity index (χ0) is 22.5. The molecule has 1 aromatic heterocycles. The molecule has 2 aromatic carbocycles. The van der Waals surface area contributed by atoms with Crippen molar-refractivity contribution >= 4 is 17.3 Å². The van der Waals surface area contributed by atoms with Gasteiger partial charge < -0.3 is 11.1 Å². The van der Waals surface area contributed by atoms with Crippen LogP contribution in [0, 0.1) is 0 Å². The third kappa shape index (κ3) is 4.77. The van der Waals surface area contributed by atoms with Gasteiger partial charge in [-0.1, -0.05) is 56.3 Å². The van der Waals surface area contributed by atoms with Gasteiger partial charge in [0.15, 0.2) is 5.78 Å². The number of hydrogen-bond donors (Lipinski definition) is 2. The number of nitrogens with zero attached hydrogens (tertiary/aromatic N) is 2. The van der Waals surface area contributed by atoms with Crippen molar-refractivity contribution in [3.8, 4) is 0 Å². The minimum Gasteiger partial charge on any atom is -0.384 e. The summed E-state index contributed by atoms with van der Waals surface area (Å²) < 4.78 is 2.33. The summed E-state index contributed by atoms with van der Waals surface area (Å²) in [5, 5.41) is 3.04. The normalized spacial score (nSPS) is 11.0. The van der Waals surface area contributed by atoms with Gasteiger partial charge in [0.25, 0.3) is 5.56 Å². The molecule has 0 amide bonds. The zero-order valence-electron chi connectivity index (χ0n) is 18.1. The van der Waals surface area contributed by atoms with Crippen LogP contribution in [0.3, 0.4) is 0 Å². The molecule has 0 aliphatic carbocycles. The molecule has 0 spiro atoms. The molecule has 0 atom stereocenters. The molecule has 3 aromatic rings. The molecule has 1 heterocycles. The van der Waals surface area contributed by atoms with E-state index in [1.807, 2.05) is 54.6 Å². The maximum Gasteiger partial charge on any atom is 0.332 e. The van der Waals surface area contributed by atoms with Gasteiger partial charge in [-0.3, -0.25) is 18.7 Å². The summed E-state index contributed by atoms with van der Waals surface area (Å²) in [5.74, 6) is -0.154. The van der Waals surface area contributed by atoms with E-state index in [-0.39, 0.29) is 31.0 Å². The smallest absolute Gasteiger partial charge is 0.332 e. The Morgan fingerprint density at radius 2 is 1.65 bits per heavy atom. The number of rotatable bonds is 8. The molecule has 0 unspecified atom stereocenters. The van der Waals surface area contributed by atoms with Crippen LogP contribution in [0.5, 0.6) is 0 Å². The summed E-state index contributed by atoms with van der Waals surface area (Å²) in [6.07, 6.45) is 0. The van der Waals surface area contributed by atoms with E-state index < -0.39 is 17.0 Å². The SMILES string of the molecule is CCn1c(=O)c(C(=O)CNc2ccc(C(C)C)cc2)c(N)n(Cc2ccccc2)c1=O. The number of nitrogens with two attached hydrogens (primary N) is 1. The highest BCUT2D eigenvalue weighted by molar-refractivity contribution is 6.02. The van der Waals surface area contributed by atoms with Crippen molar-refractivity contribution in [2.45, 2.75) is 39.8 Å². The van der Waals surface area contributed by atoms with Gasteiger partial charge in [0, 0.05) is 12.2 Å². The minimum absolute atomic E-state index is 0.103. The van der Waals surface area contributed by atoms with Crippen molar-refractivity contribution in [1.82, 2.24) is 9.13 Å². The van der Waals surface area contributed by atoms with Crippen LogP contribution in [-0.4, -0.2) is 21.5 Å². The number of Topliss-reactive ketones (excluding diaryl/α,β-unsaturated/α-hetero) is 1. The zero-order valence-corrected chi connectivity index (χ0v) is 18.1. The molecule has 0 saturated carbocycles. The van der Waals surface area contributed by atoms with E-state index in [2.05, 4.69) is 19.2 Å². The van der Waals surface area contributed by atoms with E-state index in [1.54, 1.807) is 6.92 Å². The number of aromatic nitrogens is 2. The lowest BCUT2D eigenvalue weighted by molar-refractivity contribution is 0.100. The highest BCUT2D eigenvalue weighted by Gasteiger charge is 2.22. The molecule has 3 rings (SSSR count). The fourth-order valence-electron chi connectivity index (χ4n) is 3.43. The van der Waals surface area contributed by atoms with Crippen LogP contribution in [0.4, 0.5) is 11.5 Å². The van der Waals surface area contributed by atoms with Crippen molar-refractivity contribution in [2.24, 2.45) is 0 Å². The largest absolute Gasteiger partial charge is 0.384 e. The maximum absolute atomic E-state index is 12.9. The molecule has 7 heteroatoms. The minimum atomic E-state index is -0.656. The molecule has 31 heavy (non-hydrogen) atoms. The van der Waals surface area contributed by atoms with E-state index >= 15 is 0 Å². The molecule has 3 N–H and O–H groups in total. The van der Waals surface area contributed by atoms with Crippen LogP contribution in [0.15, 0.2) is 64.2 Å². The van der Waals surface area contributed by atoms with Crippen LogP contribution in [0.25, 0.3) is 0 Å². The van der Waals surface area contributed by atoms with Gasteiger partial charge >= 0.3 is 5.69 Å².